The Labute approximate surface area is 93.7 Å². The van der Waals surface area contributed by atoms with Crippen LogP contribution in [0.1, 0.15) is 18.9 Å². The van der Waals surface area contributed by atoms with Crippen molar-refractivity contribution < 1.29 is 13.6 Å². The van der Waals surface area contributed by atoms with Gasteiger partial charge in [0.2, 0.25) is 0 Å². The molecule has 2 nitrogen and oxygen atoms in total. The van der Waals surface area contributed by atoms with E-state index in [0.29, 0.717) is 13.0 Å². The lowest BCUT2D eigenvalue weighted by atomic mass is 10.1. The number of rotatable bonds is 6. The average molecular weight is 227 g/mol. The number of carbonyl (C=O) groups is 1. The van der Waals surface area contributed by atoms with Crippen molar-refractivity contribution >= 4 is 5.78 Å². The van der Waals surface area contributed by atoms with Crippen LogP contribution in [0.5, 0.6) is 0 Å². The largest absolute Gasteiger partial charge is 0.317 e. The molecule has 1 aromatic carbocycles. The van der Waals surface area contributed by atoms with Crippen molar-refractivity contribution in [1.82, 2.24) is 5.32 Å². The van der Waals surface area contributed by atoms with Gasteiger partial charge in [-0.3, -0.25) is 4.79 Å². The van der Waals surface area contributed by atoms with Crippen LogP contribution in [0.4, 0.5) is 8.78 Å². The monoisotopic (exact) mass is 227 g/mol. The van der Waals surface area contributed by atoms with E-state index in [0.717, 1.165) is 18.7 Å². The summed E-state index contributed by atoms with van der Waals surface area (Å²) in [6.45, 7) is 3.26. The second-order valence-electron chi connectivity index (χ2n) is 3.52. The third kappa shape index (κ3) is 3.70. The second kappa shape index (κ2) is 6.33. The summed E-state index contributed by atoms with van der Waals surface area (Å²) in [6.07, 6.45) is 0.117. The van der Waals surface area contributed by atoms with Crippen molar-refractivity contribution in [1.29, 1.82) is 0 Å². The summed E-state index contributed by atoms with van der Waals surface area (Å²) in [5, 5.41) is 2.99. The number of halogens is 2. The third-order valence-corrected chi connectivity index (χ3v) is 2.27. The normalized spacial score (nSPS) is 10.4. The Balaban J connectivity index is 2.56. The van der Waals surface area contributed by atoms with Gasteiger partial charge in [0.05, 0.1) is 0 Å². The highest BCUT2D eigenvalue weighted by Crippen LogP contribution is 2.13. The van der Waals surface area contributed by atoms with Crippen molar-refractivity contribution in [3.05, 3.63) is 35.4 Å². The highest BCUT2D eigenvalue weighted by atomic mass is 19.1. The summed E-state index contributed by atoms with van der Waals surface area (Å²) in [6, 6.07) is 3.61. The molecule has 0 saturated carbocycles. The van der Waals surface area contributed by atoms with Crippen LogP contribution in [-0.4, -0.2) is 18.9 Å². The molecule has 1 rings (SSSR count). The first-order valence-corrected chi connectivity index (χ1v) is 5.30. The minimum atomic E-state index is -0.656. The average Bonchev–Trinajstić information content (AvgIpc) is 2.24. The fourth-order valence-electron chi connectivity index (χ4n) is 1.39. The Kier molecular flexibility index (Phi) is 5.05. The van der Waals surface area contributed by atoms with Gasteiger partial charge < -0.3 is 5.32 Å². The van der Waals surface area contributed by atoms with Gasteiger partial charge in [-0.15, -0.1) is 0 Å². The SMILES string of the molecule is CCNCCC(=O)Cc1c(F)cccc1F. The predicted molar refractivity (Wildman–Crippen MR) is 58.2 cm³/mol. The molecule has 16 heavy (non-hydrogen) atoms. The van der Waals surface area contributed by atoms with Gasteiger partial charge in [-0.05, 0) is 18.7 Å². The molecule has 0 bridgehead atoms. The maximum absolute atomic E-state index is 13.2. The van der Waals surface area contributed by atoms with E-state index in [-0.39, 0.29) is 17.8 Å². The molecule has 0 unspecified atom stereocenters. The molecule has 0 saturated heterocycles. The van der Waals surface area contributed by atoms with E-state index >= 15 is 0 Å². The lowest BCUT2D eigenvalue weighted by Crippen LogP contribution is -2.18. The maximum atomic E-state index is 13.2. The van der Waals surface area contributed by atoms with E-state index in [4.69, 9.17) is 0 Å². The first kappa shape index (κ1) is 12.8. The Morgan fingerprint density at radius 2 is 1.94 bits per heavy atom. The van der Waals surface area contributed by atoms with E-state index in [1.54, 1.807) is 0 Å². The highest BCUT2D eigenvalue weighted by molar-refractivity contribution is 5.81. The summed E-state index contributed by atoms with van der Waals surface area (Å²) in [7, 11) is 0. The van der Waals surface area contributed by atoms with Gasteiger partial charge in [0.15, 0.2) is 0 Å². The zero-order chi connectivity index (χ0) is 12.0. The maximum Gasteiger partial charge on any atom is 0.138 e. The van der Waals surface area contributed by atoms with Crippen molar-refractivity contribution in [2.45, 2.75) is 19.8 Å². The molecule has 0 spiro atoms. The minimum absolute atomic E-state index is 0.135. The number of nitrogens with one attached hydrogen (secondary N) is 1. The van der Waals surface area contributed by atoms with Crippen LogP contribution < -0.4 is 5.32 Å². The molecule has 0 heterocycles. The topological polar surface area (TPSA) is 29.1 Å². The predicted octanol–water partition coefficient (Wildman–Crippen LogP) is 2.08. The molecule has 0 atom stereocenters. The van der Waals surface area contributed by atoms with Gasteiger partial charge >= 0.3 is 0 Å². The van der Waals surface area contributed by atoms with Crippen molar-refractivity contribution in [3.63, 3.8) is 0 Å². The smallest absolute Gasteiger partial charge is 0.138 e. The lowest BCUT2D eigenvalue weighted by Gasteiger charge is -2.04. The lowest BCUT2D eigenvalue weighted by molar-refractivity contribution is -0.118. The standard InChI is InChI=1S/C12H15F2NO/c1-2-15-7-6-9(16)8-10-11(13)4-3-5-12(10)14/h3-5,15H,2,6-8H2,1H3. The van der Waals surface area contributed by atoms with Crippen LogP contribution in [0.15, 0.2) is 18.2 Å². The summed E-state index contributed by atoms with van der Waals surface area (Å²) in [5.74, 6) is -1.47. The highest BCUT2D eigenvalue weighted by Gasteiger charge is 2.12. The number of benzene rings is 1. The van der Waals surface area contributed by atoms with Crippen molar-refractivity contribution in [2.24, 2.45) is 0 Å². The van der Waals surface area contributed by atoms with E-state index in [1.165, 1.54) is 6.07 Å². The first-order chi connectivity index (χ1) is 7.65. The van der Waals surface area contributed by atoms with Gasteiger partial charge in [-0.2, -0.15) is 0 Å². The number of Topliss-reactive ketones (excluding diaryl/α,β-unsaturated/α-hetero) is 1. The molecule has 0 amide bonds. The zero-order valence-corrected chi connectivity index (χ0v) is 9.22. The molecule has 88 valence electrons. The molecule has 4 heteroatoms. The summed E-state index contributed by atoms with van der Waals surface area (Å²) in [5.41, 5.74) is -0.135. The molecule has 0 aliphatic carbocycles. The van der Waals surface area contributed by atoms with Gasteiger partial charge in [0.25, 0.3) is 0 Å². The minimum Gasteiger partial charge on any atom is -0.317 e. The molecule has 0 fully saturated rings. The van der Waals surface area contributed by atoms with Crippen LogP contribution in [-0.2, 0) is 11.2 Å². The number of hydrogen-bond acceptors (Lipinski definition) is 2. The first-order valence-electron chi connectivity index (χ1n) is 5.30. The molecule has 0 aliphatic rings. The molecule has 0 radical (unpaired) electrons. The number of ketones is 1. The quantitative estimate of drug-likeness (QED) is 0.754. The number of carbonyl (C=O) groups excluding carboxylic acids is 1. The molecular weight excluding hydrogens is 212 g/mol. The third-order valence-electron chi connectivity index (χ3n) is 2.27. The fraction of sp³-hybridized carbons (Fsp3) is 0.417. The van der Waals surface area contributed by atoms with Gasteiger partial charge in [0.1, 0.15) is 17.4 Å². The van der Waals surface area contributed by atoms with Gasteiger partial charge in [-0.1, -0.05) is 13.0 Å². The summed E-state index contributed by atoms with van der Waals surface area (Å²) >= 11 is 0. The van der Waals surface area contributed by atoms with E-state index in [2.05, 4.69) is 5.32 Å². The van der Waals surface area contributed by atoms with Crippen molar-refractivity contribution in [2.75, 3.05) is 13.1 Å². The Morgan fingerprint density at radius 3 is 2.50 bits per heavy atom. The van der Waals surface area contributed by atoms with Gasteiger partial charge in [-0.25, -0.2) is 8.78 Å². The molecular formula is C12H15F2NO. The Morgan fingerprint density at radius 1 is 1.31 bits per heavy atom. The van der Waals surface area contributed by atoms with Crippen LogP contribution in [0.25, 0.3) is 0 Å². The van der Waals surface area contributed by atoms with Crippen LogP contribution in [0.2, 0.25) is 0 Å². The van der Waals surface area contributed by atoms with Crippen LogP contribution in [0.3, 0.4) is 0 Å². The molecule has 1 N–H and O–H groups in total. The van der Waals surface area contributed by atoms with E-state index < -0.39 is 11.6 Å². The second-order valence-corrected chi connectivity index (χ2v) is 3.52. The zero-order valence-electron chi connectivity index (χ0n) is 9.22. The molecule has 0 aromatic heterocycles. The van der Waals surface area contributed by atoms with E-state index in [1.807, 2.05) is 6.92 Å². The van der Waals surface area contributed by atoms with E-state index in [9.17, 15) is 13.6 Å². The molecule has 1 aromatic rings. The Hall–Kier alpha value is -1.29. The number of hydrogen-bond donors (Lipinski definition) is 1. The Bertz CT molecular complexity index is 346. The van der Waals surface area contributed by atoms with Crippen LogP contribution in [0, 0.1) is 11.6 Å². The fourth-order valence-corrected chi connectivity index (χ4v) is 1.39. The van der Waals surface area contributed by atoms with Crippen LogP contribution >= 0.6 is 0 Å². The van der Waals surface area contributed by atoms with Gasteiger partial charge in [0, 0.05) is 24.9 Å². The summed E-state index contributed by atoms with van der Waals surface area (Å²) in [4.78, 5) is 11.4. The van der Waals surface area contributed by atoms with Crippen molar-refractivity contribution in [3.8, 4) is 0 Å². The summed E-state index contributed by atoms with van der Waals surface area (Å²) < 4.78 is 26.4. The molecule has 0 aliphatic heterocycles.